The van der Waals surface area contributed by atoms with Crippen molar-refractivity contribution in [3.63, 3.8) is 0 Å². The minimum absolute atomic E-state index is 0.0221. The number of rotatable bonds is 6. The maximum atomic E-state index is 12.3. The van der Waals surface area contributed by atoms with Gasteiger partial charge in [-0.1, -0.05) is 26.0 Å². The molecule has 1 rings (SSSR count). The third-order valence-corrected chi connectivity index (χ3v) is 5.20. The van der Waals surface area contributed by atoms with Crippen molar-refractivity contribution in [1.82, 2.24) is 4.31 Å². The van der Waals surface area contributed by atoms with E-state index < -0.39 is 10.0 Å². The fourth-order valence-electron chi connectivity index (χ4n) is 2.02. The van der Waals surface area contributed by atoms with Crippen LogP contribution in [0.5, 0.6) is 0 Å². The summed E-state index contributed by atoms with van der Waals surface area (Å²) in [5.41, 5.74) is 1.24. The summed E-state index contributed by atoms with van der Waals surface area (Å²) >= 11 is 0. The standard InChI is InChI=1S/C14H20N2O2S/c1-4-14(5-2)16(3)19(17,18)11-13-8-6-12(10-15)7-9-13/h6-9,14H,4-5,11H2,1-3H3. The molecule has 5 heteroatoms. The number of sulfonamides is 1. The Morgan fingerprint density at radius 1 is 1.21 bits per heavy atom. The van der Waals surface area contributed by atoms with E-state index in [2.05, 4.69) is 0 Å². The molecule has 0 bridgehead atoms. The van der Waals surface area contributed by atoms with Gasteiger partial charge in [-0.15, -0.1) is 0 Å². The van der Waals surface area contributed by atoms with E-state index >= 15 is 0 Å². The van der Waals surface area contributed by atoms with Crippen LogP contribution in [0.3, 0.4) is 0 Å². The Labute approximate surface area is 115 Å². The highest BCUT2D eigenvalue weighted by Crippen LogP contribution is 2.16. The van der Waals surface area contributed by atoms with E-state index in [4.69, 9.17) is 5.26 Å². The van der Waals surface area contributed by atoms with E-state index in [1.807, 2.05) is 19.9 Å². The Bertz CT molecular complexity index is 540. The third kappa shape index (κ3) is 4.05. The molecule has 0 saturated carbocycles. The van der Waals surface area contributed by atoms with Crippen LogP contribution in [-0.2, 0) is 15.8 Å². The molecule has 0 unspecified atom stereocenters. The van der Waals surface area contributed by atoms with E-state index in [1.54, 1.807) is 31.3 Å². The quantitative estimate of drug-likeness (QED) is 0.804. The number of hydrogen-bond acceptors (Lipinski definition) is 3. The second kappa shape index (κ2) is 6.69. The van der Waals surface area contributed by atoms with Crippen molar-refractivity contribution >= 4 is 10.0 Å². The lowest BCUT2D eigenvalue weighted by atomic mass is 10.2. The van der Waals surface area contributed by atoms with Gasteiger partial charge in [-0.2, -0.15) is 5.26 Å². The Morgan fingerprint density at radius 2 is 1.74 bits per heavy atom. The fraction of sp³-hybridized carbons (Fsp3) is 0.500. The SMILES string of the molecule is CCC(CC)N(C)S(=O)(=O)Cc1ccc(C#N)cc1. The van der Waals surface area contributed by atoms with Gasteiger partial charge >= 0.3 is 0 Å². The first-order chi connectivity index (χ1) is 8.94. The van der Waals surface area contributed by atoms with Gasteiger partial charge in [0.25, 0.3) is 0 Å². The zero-order valence-electron chi connectivity index (χ0n) is 11.6. The predicted octanol–water partition coefficient (Wildman–Crippen LogP) is 2.51. The molecule has 1 aromatic carbocycles. The van der Waals surface area contributed by atoms with Crippen LogP contribution in [0, 0.1) is 11.3 Å². The molecule has 0 heterocycles. The zero-order valence-corrected chi connectivity index (χ0v) is 12.4. The Balaban J connectivity index is 2.87. The fourth-order valence-corrected chi connectivity index (χ4v) is 3.59. The largest absolute Gasteiger partial charge is 0.218 e. The summed E-state index contributed by atoms with van der Waals surface area (Å²) < 4.78 is 26.0. The van der Waals surface area contributed by atoms with Crippen molar-refractivity contribution in [2.45, 2.75) is 38.5 Å². The van der Waals surface area contributed by atoms with E-state index in [0.29, 0.717) is 11.1 Å². The normalized spacial score (nSPS) is 11.8. The van der Waals surface area contributed by atoms with Gasteiger partial charge in [-0.05, 0) is 30.5 Å². The maximum absolute atomic E-state index is 12.3. The first-order valence-corrected chi connectivity index (χ1v) is 8.00. The van der Waals surface area contributed by atoms with E-state index in [1.165, 1.54) is 4.31 Å². The summed E-state index contributed by atoms with van der Waals surface area (Å²) in [5, 5.41) is 8.71. The van der Waals surface area contributed by atoms with Crippen molar-refractivity contribution < 1.29 is 8.42 Å². The van der Waals surface area contributed by atoms with Gasteiger partial charge in [-0.25, -0.2) is 12.7 Å². The lowest BCUT2D eigenvalue weighted by Gasteiger charge is -2.25. The van der Waals surface area contributed by atoms with E-state index in [9.17, 15) is 8.42 Å². The number of nitrogens with zero attached hydrogens (tertiary/aromatic N) is 2. The van der Waals surface area contributed by atoms with Crippen LogP contribution in [0.1, 0.15) is 37.8 Å². The van der Waals surface area contributed by atoms with Gasteiger partial charge in [0.15, 0.2) is 0 Å². The summed E-state index contributed by atoms with van der Waals surface area (Å²) in [7, 11) is -1.67. The average molecular weight is 280 g/mol. The first kappa shape index (κ1) is 15.7. The van der Waals surface area contributed by atoms with Crippen molar-refractivity contribution in [2.24, 2.45) is 0 Å². The molecule has 4 nitrogen and oxygen atoms in total. The molecule has 0 amide bonds. The lowest BCUT2D eigenvalue weighted by Crippen LogP contribution is -2.37. The topological polar surface area (TPSA) is 61.2 Å². The van der Waals surface area contributed by atoms with E-state index in [0.717, 1.165) is 12.8 Å². The van der Waals surface area contributed by atoms with Gasteiger partial charge in [0.2, 0.25) is 10.0 Å². The average Bonchev–Trinajstić information content (AvgIpc) is 2.40. The smallest absolute Gasteiger partial charge is 0.212 e. The van der Waals surface area contributed by atoms with Crippen molar-refractivity contribution in [3.8, 4) is 6.07 Å². The van der Waals surface area contributed by atoms with Crippen molar-refractivity contribution in [1.29, 1.82) is 5.26 Å². The molecule has 1 aromatic rings. The summed E-state index contributed by atoms with van der Waals surface area (Å²) in [6.07, 6.45) is 1.61. The third-order valence-electron chi connectivity index (χ3n) is 3.33. The molecule has 0 atom stereocenters. The van der Waals surface area contributed by atoms with Gasteiger partial charge in [0.05, 0.1) is 17.4 Å². The molecular weight excluding hydrogens is 260 g/mol. The van der Waals surface area contributed by atoms with Crippen molar-refractivity contribution in [3.05, 3.63) is 35.4 Å². The Kier molecular flexibility index (Phi) is 5.52. The van der Waals surface area contributed by atoms with Crippen LogP contribution in [0.15, 0.2) is 24.3 Å². The molecule has 104 valence electrons. The molecular formula is C14H20N2O2S. The molecule has 0 radical (unpaired) electrons. The molecule has 0 aliphatic heterocycles. The maximum Gasteiger partial charge on any atom is 0.218 e. The van der Waals surface area contributed by atoms with Gasteiger partial charge in [-0.3, -0.25) is 0 Å². The Morgan fingerprint density at radius 3 is 2.16 bits per heavy atom. The molecule has 0 N–H and O–H groups in total. The highest BCUT2D eigenvalue weighted by molar-refractivity contribution is 7.88. The molecule has 0 aromatic heterocycles. The molecule has 0 aliphatic rings. The molecule has 0 spiro atoms. The second-order valence-electron chi connectivity index (χ2n) is 4.55. The number of nitriles is 1. The van der Waals surface area contributed by atoms with Crippen molar-refractivity contribution in [2.75, 3.05) is 7.05 Å². The summed E-state index contributed by atoms with van der Waals surface area (Å²) in [4.78, 5) is 0. The molecule has 0 fully saturated rings. The molecule has 0 saturated heterocycles. The minimum Gasteiger partial charge on any atom is -0.212 e. The van der Waals surface area contributed by atoms with Crippen LogP contribution in [0.2, 0.25) is 0 Å². The monoisotopic (exact) mass is 280 g/mol. The molecule has 19 heavy (non-hydrogen) atoms. The number of benzene rings is 1. The first-order valence-electron chi connectivity index (χ1n) is 6.39. The lowest BCUT2D eigenvalue weighted by molar-refractivity contribution is 0.349. The number of hydrogen-bond donors (Lipinski definition) is 0. The highest BCUT2D eigenvalue weighted by Gasteiger charge is 2.24. The minimum atomic E-state index is -3.31. The predicted molar refractivity (Wildman–Crippen MR) is 75.9 cm³/mol. The van der Waals surface area contributed by atoms with Gasteiger partial charge < -0.3 is 0 Å². The van der Waals surface area contributed by atoms with Gasteiger partial charge in [0, 0.05) is 13.1 Å². The van der Waals surface area contributed by atoms with Crippen LogP contribution in [0.25, 0.3) is 0 Å². The zero-order chi connectivity index (χ0) is 14.5. The summed E-state index contributed by atoms with van der Waals surface area (Å²) in [6.45, 7) is 3.98. The van der Waals surface area contributed by atoms with Crippen LogP contribution < -0.4 is 0 Å². The molecule has 0 aliphatic carbocycles. The Hall–Kier alpha value is -1.38. The second-order valence-corrected chi connectivity index (χ2v) is 6.58. The van der Waals surface area contributed by atoms with Crippen LogP contribution >= 0.6 is 0 Å². The van der Waals surface area contributed by atoms with Crippen LogP contribution in [0.4, 0.5) is 0 Å². The van der Waals surface area contributed by atoms with Gasteiger partial charge in [0.1, 0.15) is 0 Å². The highest BCUT2D eigenvalue weighted by atomic mass is 32.2. The van der Waals surface area contributed by atoms with E-state index in [-0.39, 0.29) is 11.8 Å². The summed E-state index contributed by atoms with van der Waals surface area (Å²) in [6, 6.07) is 8.73. The summed E-state index contributed by atoms with van der Waals surface area (Å²) in [5.74, 6) is -0.0221. The van der Waals surface area contributed by atoms with Crippen LogP contribution in [-0.4, -0.2) is 25.8 Å².